The molecule has 1 aromatic rings. The number of carbonyl (C=O) groups is 2. The van der Waals surface area contributed by atoms with Crippen molar-refractivity contribution < 1.29 is 18.0 Å². The summed E-state index contributed by atoms with van der Waals surface area (Å²) < 4.78 is 25.9. The Morgan fingerprint density at radius 3 is 2.41 bits per heavy atom. The summed E-state index contributed by atoms with van der Waals surface area (Å²) in [6.07, 6.45) is -0.137. The van der Waals surface area contributed by atoms with Crippen LogP contribution < -0.4 is 10.0 Å². The van der Waals surface area contributed by atoms with Crippen LogP contribution in [0.2, 0.25) is 5.02 Å². The van der Waals surface area contributed by atoms with Crippen LogP contribution in [0.5, 0.6) is 0 Å². The Morgan fingerprint density at radius 2 is 1.86 bits per heavy atom. The first-order chi connectivity index (χ1) is 10.0. The summed E-state index contributed by atoms with van der Waals surface area (Å²) >= 11 is 5.72. The SMILES string of the molecule is CC(C)(C)C(=O)NCCC(=O)NS(=O)(=O)c1cccc(Cl)c1. The van der Waals surface area contributed by atoms with Crippen molar-refractivity contribution in [1.29, 1.82) is 0 Å². The number of amides is 2. The molecule has 8 heteroatoms. The second-order valence-electron chi connectivity index (χ2n) is 5.74. The second kappa shape index (κ2) is 7.11. The van der Waals surface area contributed by atoms with Gasteiger partial charge in [0.2, 0.25) is 11.8 Å². The Kier molecular flexibility index (Phi) is 5.96. The molecule has 0 heterocycles. The highest BCUT2D eigenvalue weighted by atomic mass is 35.5. The molecule has 22 heavy (non-hydrogen) atoms. The fraction of sp³-hybridized carbons (Fsp3) is 0.429. The van der Waals surface area contributed by atoms with Crippen LogP contribution >= 0.6 is 11.6 Å². The third-order valence-corrected chi connectivity index (χ3v) is 4.28. The summed E-state index contributed by atoms with van der Waals surface area (Å²) in [5.41, 5.74) is -0.566. The zero-order chi connectivity index (χ0) is 17.0. The van der Waals surface area contributed by atoms with Crippen molar-refractivity contribution in [2.45, 2.75) is 32.1 Å². The van der Waals surface area contributed by atoms with Crippen LogP contribution in [0.3, 0.4) is 0 Å². The van der Waals surface area contributed by atoms with E-state index in [1.54, 1.807) is 20.8 Å². The number of sulfonamides is 1. The topological polar surface area (TPSA) is 92.3 Å². The zero-order valence-corrected chi connectivity index (χ0v) is 14.2. The first kappa shape index (κ1) is 18.4. The van der Waals surface area contributed by atoms with E-state index in [2.05, 4.69) is 5.32 Å². The van der Waals surface area contributed by atoms with E-state index < -0.39 is 21.3 Å². The van der Waals surface area contributed by atoms with Crippen molar-refractivity contribution in [1.82, 2.24) is 10.0 Å². The minimum Gasteiger partial charge on any atom is -0.355 e. The van der Waals surface area contributed by atoms with E-state index in [4.69, 9.17) is 11.6 Å². The van der Waals surface area contributed by atoms with Crippen LogP contribution in [0.4, 0.5) is 0 Å². The van der Waals surface area contributed by atoms with E-state index in [0.717, 1.165) is 0 Å². The number of hydrogen-bond acceptors (Lipinski definition) is 4. The molecule has 0 fully saturated rings. The quantitative estimate of drug-likeness (QED) is 0.848. The van der Waals surface area contributed by atoms with Crippen molar-refractivity contribution in [3.8, 4) is 0 Å². The summed E-state index contributed by atoms with van der Waals surface area (Å²) in [4.78, 5) is 23.2. The predicted octanol–water partition coefficient (Wildman–Crippen LogP) is 1.70. The molecule has 0 bridgehead atoms. The van der Waals surface area contributed by atoms with Gasteiger partial charge in [0.25, 0.3) is 10.0 Å². The van der Waals surface area contributed by atoms with Gasteiger partial charge in [-0.05, 0) is 18.2 Å². The molecule has 0 atom stereocenters. The van der Waals surface area contributed by atoms with Crippen LogP contribution in [0, 0.1) is 5.41 Å². The molecule has 0 unspecified atom stereocenters. The number of hydrogen-bond donors (Lipinski definition) is 2. The fourth-order valence-corrected chi connectivity index (χ4v) is 2.76. The highest BCUT2D eigenvalue weighted by molar-refractivity contribution is 7.90. The van der Waals surface area contributed by atoms with Crippen LogP contribution in [-0.2, 0) is 19.6 Å². The maximum absolute atomic E-state index is 12.0. The molecule has 1 rings (SSSR count). The largest absolute Gasteiger partial charge is 0.355 e. The predicted molar refractivity (Wildman–Crippen MR) is 83.9 cm³/mol. The lowest BCUT2D eigenvalue weighted by Gasteiger charge is -2.17. The van der Waals surface area contributed by atoms with Gasteiger partial charge < -0.3 is 5.32 Å². The van der Waals surface area contributed by atoms with Crippen LogP contribution in [0.15, 0.2) is 29.2 Å². The van der Waals surface area contributed by atoms with Gasteiger partial charge in [0.05, 0.1) is 4.90 Å². The van der Waals surface area contributed by atoms with E-state index >= 15 is 0 Å². The second-order valence-corrected chi connectivity index (χ2v) is 7.86. The maximum Gasteiger partial charge on any atom is 0.264 e. The molecule has 0 saturated carbocycles. The Hall–Kier alpha value is -1.60. The summed E-state index contributed by atoms with van der Waals surface area (Å²) in [7, 11) is -3.96. The van der Waals surface area contributed by atoms with E-state index in [1.807, 2.05) is 4.72 Å². The van der Waals surface area contributed by atoms with Gasteiger partial charge in [-0.1, -0.05) is 38.4 Å². The van der Waals surface area contributed by atoms with E-state index in [1.165, 1.54) is 24.3 Å². The third kappa shape index (κ3) is 5.65. The smallest absolute Gasteiger partial charge is 0.264 e. The Morgan fingerprint density at radius 1 is 1.23 bits per heavy atom. The van der Waals surface area contributed by atoms with Crippen molar-refractivity contribution in [3.63, 3.8) is 0 Å². The molecular weight excluding hydrogens is 328 g/mol. The van der Waals surface area contributed by atoms with Gasteiger partial charge in [0.1, 0.15) is 0 Å². The average Bonchev–Trinajstić information content (AvgIpc) is 2.36. The van der Waals surface area contributed by atoms with Gasteiger partial charge in [-0.2, -0.15) is 0 Å². The first-order valence-corrected chi connectivity index (χ1v) is 8.48. The van der Waals surface area contributed by atoms with Gasteiger partial charge in [0.15, 0.2) is 0 Å². The highest BCUT2D eigenvalue weighted by Crippen LogP contribution is 2.15. The van der Waals surface area contributed by atoms with E-state index in [-0.39, 0.29) is 28.8 Å². The molecule has 122 valence electrons. The van der Waals surface area contributed by atoms with Crippen molar-refractivity contribution in [3.05, 3.63) is 29.3 Å². The summed E-state index contributed by atoms with van der Waals surface area (Å²) in [5.74, 6) is -0.910. The van der Waals surface area contributed by atoms with E-state index in [9.17, 15) is 18.0 Å². The normalized spacial score (nSPS) is 11.8. The summed E-state index contributed by atoms with van der Waals surface area (Å²) in [6, 6.07) is 5.59. The van der Waals surface area contributed by atoms with Crippen molar-refractivity contribution >= 4 is 33.4 Å². The average molecular weight is 347 g/mol. The molecule has 0 radical (unpaired) electrons. The standard InChI is InChI=1S/C14H19ClN2O4S/c1-14(2,3)13(19)16-8-7-12(18)17-22(20,21)11-6-4-5-10(15)9-11/h4-6,9H,7-8H2,1-3H3,(H,16,19)(H,17,18). The molecule has 2 N–H and O–H groups in total. The summed E-state index contributed by atoms with van der Waals surface area (Å²) in [5, 5.41) is 2.83. The van der Waals surface area contributed by atoms with Gasteiger partial charge in [-0.3, -0.25) is 9.59 Å². The Balaban J connectivity index is 2.57. The molecule has 0 saturated heterocycles. The van der Waals surface area contributed by atoms with Gasteiger partial charge in [0, 0.05) is 23.4 Å². The Bertz CT molecular complexity index is 666. The molecule has 0 aromatic heterocycles. The molecule has 0 spiro atoms. The first-order valence-electron chi connectivity index (χ1n) is 6.62. The minimum absolute atomic E-state index is 0.0625. The monoisotopic (exact) mass is 346 g/mol. The molecule has 2 amide bonds. The number of rotatable bonds is 5. The minimum atomic E-state index is -3.96. The fourth-order valence-electron chi connectivity index (χ4n) is 1.45. The van der Waals surface area contributed by atoms with Gasteiger partial charge in [-0.15, -0.1) is 0 Å². The number of carbonyl (C=O) groups excluding carboxylic acids is 2. The lowest BCUT2D eigenvalue weighted by atomic mass is 9.96. The molecular formula is C14H19ClN2O4S. The number of nitrogens with one attached hydrogen (secondary N) is 2. The molecule has 0 aliphatic heterocycles. The Labute approximate surface area is 135 Å². The summed E-state index contributed by atoms with van der Waals surface area (Å²) in [6.45, 7) is 5.29. The lowest BCUT2D eigenvalue weighted by Crippen LogP contribution is -2.38. The van der Waals surface area contributed by atoms with Gasteiger partial charge in [-0.25, -0.2) is 13.1 Å². The lowest BCUT2D eigenvalue weighted by molar-refractivity contribution is -0.128. The maximum atomic E-state index is 12.0. The highest BCUT2D eigenvalue weighted by Gasteiger charge is 2.21. The van der Waals surface area contributed by atoms with Crippen molar-refractivity contribution in [2.75, 3.05) is 6.54 Å². The number of halogens is 1. The van der Waals surface area contributed by atoms with Crippen molar-refractivity contribution in [2.24, 2.45) is 5.41 Å². The molecule has 0 aliphatic rings. The van der Waals surface area contributed by atoms with Gasteiger partial charge >= 0.3 is 0 Å². The van der Waals surface area contributed by atoms with Crippen LogP contribution in [0.25, 0.3) is 0 Å². The molecule has 0 aliphatic carbocycles. The molecule has 6 nitrogen and oxygen atoms in total. The third-order valence-electron chi connectivity index (χ3n) is 2.67. The van der Waals surface area contributed by atoms with Crippen LogP contribution in [0.1, 0.15) is 27.2 Å². The van der Waals surface area contributed by atoms with Crippen LogP contribution in [-0.4, -0.2) is 26.8 Å². The van der Waals surface area contributed by atoms with E-state index in [0.29, 0.717) is 0 Å². The zero-order valence-electron chi connectivity index (χ0n) is 12.6. The molecule has 1 aromatic carbocycles. The number of benzene rings is 1.